The van der Waals surface area contributed by atoms with Crippen LogP contribution in [0.5, 0.6) is 11.5 Å². The van der Waals surface area contributed by atoms with Crippen molar-refractivity contribution in [2.24, 2.45) is 5.92 Å². The van der Waals surface area contributed by atoms with Crippen LogP contribution in [0.15, 0.2) is 42.5 Å². The lowest BCUT2D eigenvalue weighted by atomic mass is 9.94. The van der Waals surface area contributed by atoms with Crippen LogP contribution in [-0.4, -0.2) is 49.1 Å². The molecule has 2 heterocycles. The molecule has 6 heteroatoms. The van der Waals surface area contributed by atoms with Crippen molar-refractivity contribution in [2.45, 2.75) is 45.4 Å². The first-order valence-electron chi connectivity index (χ1n) is 10.9. The molecule has 1 saturated heterocycles. The van der Waals surface area contributed by atoms with Gasteiger partial charge in [-0.05, 0) is 56.1 Å². The Labute approximate surface area is 191 Å². The van der Waals surface area contributed by atoms with E-state index in [4.69, 9.17) is 9.47 Å². The van der Waals surface area contributed by atoms with Gasteiger partial charge in [-0.2, -0.15) is 0 Å². The van der Waals surface area contributed by atoms with Crippen molar-refractivity contribution in [1.82, 2.24) is 9.80 Å². The van der Waals surface area contributed by atoms with Gasteiger partial charge < -0.3 is 14.4 Å². The second-order valence-electron chi connectivity index (χ2n) is 8.63. The van der Waals surface area contributed by atoms with E-state index < -0.39 is 0 Å². The maximum atomic E-state index is 13.0. The molecule has 0 aliphatic carbocycles. The lowest BCUT2D eigenvalue weighted by Crippen LogP contribution is -2.40. The molecule has 2 aromatic carbocycles. The molecule has 2 aliphatic heterocycles. The van der Waals surface area contributed by atoms with E-state index in [1.807, 2.05) is 30.1 Å². The normalized spacial score (nSPS) is 18.6. The highest BCUT2D eigenvalue weighted by Crippen LogP contribution is 2.30. The summed E-state index contributed by atoms with van der Waals surface area (Å²) in [5.41, 5.74) is 3.64. The smallest absolute Gasteiger partial charge is 0.225 e. The number of likely N-dealkylation sites (tertiary alicyclic amines) is 1. The maximum Gasteiger partial charge on any atom is 0.225 e. The third-order valence-electron chi connectivity index (χ3n) is 6.28. The molecule has 0 spiro atoms. The van der Waals surface area contributed by atoms with Gasteiger partial charge in [0.05, 0.1) is 7.11 Å². The van der Waals surface area contributed by atoms with Crippen LogP contribution in [0.1, 0.15) is 36.5 Å². The number of ether oxygens (including phenoxy) is 2. The van der Waals surface area contributed by atoms with Gasteiger partial charge in [0.15, 0.2) is 0 Å². The monoisotopic (exact) mass is 444 g/mol. The largest absolute Gasteiger partial charge is 0.496 e. The van der Waals surface area contributed by atoms with Gasteiger partial charge in [0.2, 0.25) is 5.91 Å². The molecule has 4 rings (SSSR count). The Morgan fingerprint density at radius 2 is 1.94 bits per heavy atom. The Hall–Kier alpha value is -2.24. The van der Waals surface area contributed by atoms with Crippen LogP contribution >= 0.6 is 12.4 Å². The van der Waals surface area contributed by atoms with Crippen LogP contribution in [0.3, 0.4) is 0 Å². The molecule has 31 heavy (non-hydrogen) atoms. The van der Waals surface area contributed by atoms with Crippen LogP contribution < -0.4 is 9.47 Å². The molecule has 0 bridgehead atoms. The zero-order chi connectivity index (χ0) is 21.1. The number of methoxy groups -OCH3 is 1. The summed E-state index contributed by atoms with van der Waals surface area (Å²) in [5.74, 6) is 2.30. The molecule has 1 unspecified atom stereocenters. The number of amides is 1. The molecule has 1 amide bonds. The molecule has 1 fully saturated rings. The fourth-order valence-corrected chi connectivity index (χ4v) is 4.65. The Balaban J connectivity index is 0.00000272. The number of nitrogens with zero attached hydrogens (tertiary/aromatic N) is 2. The fourth-order valence-electron chi connectivity index (χ4n) is 4.65. The van der Waals surface area contributed by atoms with Gasteiger partial charge in [-0.3, -0.25) is 9.69 Å². The number of hydrogen-bond acceptors (Lipinski definition) is 4. The van der Waals surface area contributed by atoms with Crippen molar-refractivity contribution in [3.63, 3.8) is 0 Å². The molecular formula is C25H33ClN2O3. The summed E-state index contributed by atoms with van der Waals surface area (Å²) in [7, 11) is 3.64. The van der Waals surface area contributed by atoms with Gasteiger partial charge in [0.25, 0.3) is 0 Å². The number of hydrogen-bond donors (Lipinski definition) is 0. The predicted molar refractivity (Wildman–Crippen MR) is 125 cm³/mol. The van der Waals surface area contributed by atoms with Crippen molar-refractivity contribution >= 4 is 18.3 Å². The minimum absolute atomic E-state index is 0. The Kier molecular flexibility index (Phi) is 7.84. The van der Waals surface area contributed by atoms with Crippen LogP contribution in [-0.2, 0) is 24.3 Å². The average Bonchev–Trinajstić information content (AvgIpc) is 3.13. The number of para-hydroxylation sites is 1. The van der Waals surface area contributed by atoms with E-state index in [1.54, 1.807) is 7.11 Å². The van der Waals surface area contributed by atoms with Crippen molar-refractivity contribution in [3.8, 4) is 11.5 Å². The number of piperidine rings is 1. The standard InChI is InChI=1S/C25H32N2O3.ClH/c1-18-14-22-15-19(8-9-24(22)30-18)16-26(2)25(28)20-10-12-27(13-11-20)17-21-6-4-5-7-23(21)29-3;/h4-9,15,18,20H,10-14,16-17H2,1-3H3;1H. The van der Waals surface area contributed by atoms with E-state index in [2.05, 4.69) is 36.1 Å². The molecule has 1 atom stereocenters. The van der Waals surface area contributed by atoms with Gasteiger partial charge in [0, 0.05) is 38.0 Å². The Morgan fingerprint density at radius 3 is 2.68 bits per heavy atom. The van der Waals surface area contributed by atoms with Crippen LogP contribution in [0.25, 0.3) is 0 Å². The minimum Gasteiger partial charge on any atom is -0.496 e. The number of fused-ring (bicyclic) bond motifs is 1. The number of rotatable bonds is 6. The van der Waals surface area contributed by atoms with Gasteiger partial charge in [-0.1, -0.05) is 30.3 Å². The summed E-state index contributed by atoms with van der Waals surface area (Å²) >= 11 is 0. The van der Waals surface area contributed by atoms with Crippen LogP contribution in [0, 0.1) is 5.92 Å². The first kappa shape index (κ1) is 23.4. The number of carbonyl (C=O) groups excluding carboxylic acids is 1. The molecule has 5 nitrogen and oxygen atoms in total. The van der Waals surface area contributed by atoms with E-state index in [0.29, 0.717) is 6.54 Å². The molecule has 0 radical (unpaired) electrons. The Bertz CT molecular complexity index is 896. The minimum atomic E-state index is 0. The second-order valence-corrected chi connectivity index (χ2v) is 8.63. The van der Waals surface area contributed by atoms with E-state index in [1.165, 1.54) is 16.7 Å². The summed E-state index contributed by atoms with van der Waals surface area (Å²) in [5, 5.41) is 0. The molecule has 168 valence electrons. The lowest BCUT2D eigenvalue weighted by Gasteiger charge is -2.33. The second kappa shape index (κ2) is 10.4. The quantitative estimate of drug-likeness (QED) is 0.665. The van der Waals surface area contributed by atoms with Crippen molar-refractivity contribution in [2.75, 3.05) is 27.2 Å². The molecule has 2 aromatic rings. The van der Waals surface area contributed by atoms with Gasteiger partial charge >= 0.3 is 0 Å². The molecule has 0 aromatic heterocycles. The molecule has 0 N–H and O–H groups in total. The van der Waals surface area contributed by atoms with Crippen molar-refractivity contribution < 1.29 is 14.3 Å². The average molecular weight is 445 g/mol. The van der Waals surface area contributed by atoms with E-state index in [0.717, 1.165) is 50.4 Å². The van der Waals surface area contributed by atoms with E-state index in [-0.39, 0.29) is 30.3 Å². The van der Waals surface area contributed by atoms with Crippen molar-refractivity contribution in [1.29, 1.82) is 0 Å². The third-order valence-corrected chi connectivity index (χ3v) is 6.28. The number of benzene rings is 2. The summed E-state index contributed by atoms with van der Waals surface area (Å²) in [4.78, 5) is 17.3. The predicted octanol–water partition coefficient (Wildman–Crippen LogP) is 4.31. The highest BCUT2D eigenvalue weighted by atomic mass is 35.5. The maximum absolute atomic E-state index is 13.0. The van der Waals surface area contributed by atoms with Crippen molar-refractivity contribution in [3.05, 3.63) is 59.2 Å². The first-order valence-corrected chi connectivity index (χ1v) is 10.9. The first-order chi connectivity index (χ1) is 14.5. The lowest BCUT2D eigenvalue weighted by molar-refractivity contribution is -0.136. The molecule has 2 aliphatic rings. The van der Waals surface area contributed by atoms with Gasteiger partial charge in [0.1, 0.15) is 17.6 Å². The summed E-state index contributed by atoms with van der Waals surface area (Å²) in [6.45, 7) is 5.50. The van der Waals surface area contributed by atoms with Crippen LogP contribution in [0.2, 0.25) is 0 Å². The number of halogens is 1. The molecule has 0 saturated carbocycles. The molecular weight excluding hydrogens is 412 g/mol. The topological polar surface area (TPSA) is 42.0 Å². The highest BCUT2D eigenvalue weighted by Gasteiger charge is 2.28. The number of carbonyl (C=O) groups is 1. The van der Waals surface area contributed by atoms with Crippen LogP contribution in [0.4, 0.5) is 0 Å². The third kappa shape index (κ3) is 5.52. The fraction of sp³-hybridized carbons (Fsp3) is 0.480. The summed E-state index contributed by atoms with van der Waals surface area (Å²) in [6, 6.07) is 14.5. The van der Waals surface area contributed by atoms with E-state index >= 15 is 0 Å². The zero-order valence-electron chi connectivity index (χ0n) is 18.7. The summed E-state index contributed by atoms with van der Waals surface area (Å²) < 4.78 is 11.3. The van der Waals surface area contributed by atoms with Gasteiger partial charge in [-0.15, -0.1) is 12.4 Å². The summed E-state index contributed by atoms with van der Waals surface area (Å²) in [6.07, 6.45) is 3.02. The SMILES string of the molecule is COc1ccccc1CN1CCC(C(=O)N(C)Cc2ccc3c(c2)CC(C)O3)CC1.Cl. The van der Waals surface area contributed by atoms with E-state index in [9.17, 15) is 4.79 Å². The van der Waals surface area contributed by atoms with Gasteiger partial charge in [-0.25, -0.2) is 0 Å². The Morgan fingerprint density at radius 1 is 1.19 bits per heavy atom. The highest BCUT2D eigenvalue weighted by molar-refractivity contribution is 5.85. The zero-order valence-corrected chi connectivity index (χ0v) is 19.5.